The zero-order valence-corrected chi connectivity index (χ0v) is 18.8. The van der Waals surface area contributed by atoms with Crippen molar-refractivity contribution in [1.82, 2.24) is 24.9 Å². The number of aryl methyl sites for hydroxylation is 1. The van der Waals surface area contributed by atoms with Crippen molar-refractivity contribution in [2.24, 2.45) is 13.0 Å². The van der Waals surface area contributed by atoms with Crippen LogP contribution in [-0.4, -0.2) is 84.0 Å². The van der Waals surface area contributed by atoms with Gasteiger partial charge in [-0.2, -0.15) is 5.10 Å². The highest BCUT2D eigenvalue weighted by atomic mass is 35.5. The Hall–Kier alpha value is -0.860. The minimum atomic E-state index is 0. The van der Waals surface area contributed by atoms with Gasteiger partial charge < -0.3 is 15.0 Å². The van der Waals surface area contributed by atoms with E-state index in [2.05, 4.69) is 27.1 Å². The van der Waals surface area contributed by atoms with Gasteiger partial charge in [0.2, 0.25) is 5.91 Å². The first-order valence-corrected chi connectivity index (χ1v) is 9.93. The van der Waals surface area contributed by atoms with Crippen molar-refractivity contribution < 1.29 is 9.53 Å². The summed E-state index contributed by atoms with van der Waals surface area (Å²) in [5.41, 5.74) is 1.17. The Morgan fingerprint density at radius 2 is 2.07 bits per heavy atom. The summed E-state index contributed by atoms with van der Waals surface area (Å²) < 4.78 is 7.33. The van der Waals surface area contributed by atoms with Crippen LogP contribution in [0.3, 0.4) is 0 Å². The van der Waals surface area contributed by atoms with Gasteiger partial charge in [0, 0.05) is 71.1 Å². The lowest BCUT2D eigenvalue weighted by molar-refractivity contribution is -0.138. The average molecular weight is 436 g/mol. The topological polar surface area (TPSA) is 62.6 Å². The van der Waals surface area contributed by atoms with Crippen LogP contribution < -0.4 is 5.32 Å². The molecule has 1 aromatic rings. The van der Waals surface area contributed by atoms with E-state index in [1.54, 1.807) is 0 Å². The fraction of sp³-hybridized carbons (Fsp3) is 0.789. The van der Waals surface area contributed by atoms with Crippen LogP contribution in [0.5, 0.6) is 0 Å². The Morgan fingerprint density at radius 1 is 1.29 bits per heavy atom. The second-order valence-electron chi connectivity index (χ2n) is 7.40. The maximum absolute atomic E-state index is 13.2. The Labute approximate surface area is 181 Å². The lowest BCUT2D eigenvalue weighted by atomic mass is 9.89. The molecule has 162 valence electrons. The van der Waals surface area contributed by atoms with Crippen LogP contribution in [0.25, 0.3) is 0 Å². The second-order valence-corrected chi connectivity index (χ2v) is 7.40. The van der Waals surface area contributed by atoms with Crippen molar-refractivity contribution in [2.75, 3.05) is 52.5 Å². The molecule has 0 aromatic carbocycles. The maximum atomic E-state index is 13.2. The molecule has 28 heavy (non-hydrogen) atoms. The normalized spacial score (nSPS) is 25.2. The number of carbonyl (C=O) groups excluding carboxylic acids is 1. The number of amides is 1. The number of hydrogen-bond donors (Lipinski definition) is 1. The SMILES string of the molecule is CCOCCN1CCN(C(=O)[C@H]2CNC[C@@H]2c2cnn(C)c2)CC1CC.Cl.Cl. The van der Waals surface area contributed by atoms with E-state index in [-0.39, 0.29) is 36.6 Å². The van der Waals surface area contributed by atoms with Crippen LogP contribution in [0.2, 0.25) is 0 Å². The third-order valence-corrected chi connectivity index (χ3v) is 5.80. The Bertz CT molecular complexity index is 601. The molecular weight excluding hydrogens is 401 g/mol. The molecule has 2 saturated heterocycles. The molecule has 2 fully saturated rings. The van der Waals surface area contributed by atoms with Gasteiger partial charge in [0.25, 0.3) is 0 Å². The van der Waals surface area contributed by atoms with Crippen molar-refractivity contribution in [3.8, 4) is 0 Å². The lowest BCUT2D eigenvalue weighted by Gasteiger charge is -2.42. The monoisotopic (exact) mass is 435 g/mol. The highest BCUT2D eigenvalue weighted by Crippen LogP contribution is 2.30. The molecule has 1 amide bonds. The van der Waals surface area contributed by atoms with Gasteiger partial charge >= 0.3 is 0 Å². The molecule has 3 rings (SSSR count). The van der Waals surface area contributed by atoms with Crippen LogP contribution in [0.4, 0.5) is 0 Å². The molecule has 3 atom stereocenters. The van der Waals surface area contributed by atoms with E-state index in [9.17, 15) is 4.79 Å². The summed E-state index contributed by atoms with van der Waals surface area (Å²) in [4.78, 5) is 17.8. The maximum Gasteiger partial charge on any atom is 0.227 e. The van der Waals surface area contributed by atoms with E-state index in [4.69, 9.17) is 4.74 Å². The number of nitrogens with zero attached hydrogens (tertiary/aromatic N) is 4. The smallest absolute Gasteiger partial charge is 0.227 e. The molecule has 2 aliphatic rings. The predicted molar refractivity (Wildman–Crippen MR) is 116 cm³/mol. The Kier molecular flexibility index (Phi) is 10.8. The van der Waals surface area contributed by atoms with Gasteiger partial charge in [0.15, 0.2) is 0 Å². The molecule has 9 heteroatoms. The predicted octanol–water partition coefficient (Wildman–Crippen LogP) is 1.53. The van der Waals surface area contributed by atoms with Gasteiger partial charge in [-0.15, -0.1) is 24.8 Å². The van der Waals surface area contributed by atoms with Crippen LogP contribution in [0.1, 0.15) is 31.7 Å². The standard InChI is InChI=1S/C19H33N5O2.2ClH/c1-4-16-14-24(7-6-23(16)8-9-26-5-2)19(25)18-12-20-11-17(18)15-10-21-22(3)13-15;;/h10,13,16-18,20H,4-9,11-12,14H2,1-3H3;2*1H/t16?,17-,18+;;/m1../s1. The molecule has 0 aliphatic carbocycles. The van der Waals surface area contributed by atoms with Crippen molar-refractivity contribution in [2.45, 2.75) is 32.2 Å². The van der Waals surface area contributed by atoms with E-state index in [0.29, 0.717) is 11.9 Å². The first-order valence-electron chi connectivity index (χ1n) is 9.93. The third-order valence-electron chi connectivity index (χ3n) is 5.80. The molecule has 1 N–H and O–H groups in total. The van der Waals surface area contributed by atoms with E-state index in [1.807, 2.05) is 31.0 Å². The minimum absolute atomic E-state index is 0. The zero-order chi connectivity index (χ0) is 18.5. The number of carbonyl (C=O) groups is 1. The second kappa shape index (κ2) is 12.0. The first-order chi connectivity index (χ1) is 12.6. The van der Waals surface area contributed by atoms with Gasteiger partial charge in [-0.3, -0.25) is 14.4 Å². The largest absolute Gasteiger partial charge is 0.380 e. The summed E-state index contributed by atoms with van der Waals surface area (Å²) in [5, 5.41) is 7.69. The molecule has 0 spiro atoms. The summed E-state index contributed by atoms with van der Waals surface area (Å²) in [6.45, 7) is 10.9. The summed E-state index contributed by atoms with van der Waals surface area (Å²) >= 11 is 0. The molecule has 0 bridgehead atoms. The number of piperazine rings is 1. The van der Waals surface area contributed by atoms with Crippen molar-refractivity contribution in [3.05, 3.63) is 18.0 Å². The van der Waals surface area contributed by atoms with Gasteiger partial charge in [-0.25, -0.2) is 0 Å². The summed E-state index contributed by atoms with van der Waals surface area (Å²) in [5.74, 6) is 0.547. The number of ether oxygens (including phenoxy) is 1. The van der Waals surface area contributed by atoms with Crippen molar-refractivity contribution in [1.29, 1.82) is 0 Å². The molecule has 7 nitrogen and oxygen atoms in total. The average Bonchev–Trinajstić information content (AvgIpc) is 3.30. The summed E-state index contributed by atoms with van der Waals surface area (Å²) in [6, 6.07) is 0.430. The van der Waals surface area contributed by atoms with Crippen LogP contribution in [0.15, 0.2) is 12.4 Å². The van der Waals surface area contributed by atoms with E-state index < -0.39 is 0 Å². The van der Waals surface area contributed by atoms with Gasteiger partial charge in [0.05, 0.1) is 18.7 Å². The van der Waals surface area contributed by atoms with Gasteiger partial charge in [-0.05, 0) is 18.9 Å². The highest BCUT2D eigenvalue weighted by molar-refractivity contribution is 5.85. The third kappa shape index (κ3) is 5.83. The van der Waals surface area contributed by atoms with E-state index in [1.165, 1.54) is 5.56 Å². The minimum Gasteiger partial charge on any atom is -0.380 e. The summed E-state index contributed by atoms with van der Waals surface area (Å²) in [7, 11) is 1.93. The summed E-state index contributed by atoms with van der Waals surface area (Å²) in [6.07, 6.45) is 5.00. The lowest BCUT2D eigenvalue weighted by Crippen LogP contribution is -2.56. The number of rotatable bonds is 7. The molecule has 2 aliphatic heterocycles. The Morgan fingerprint density at radius 3 is 2.71 bits per heavy atom. The number of halogens is 2. The Balaban J connectivity index is 0.00000196. The molecule has 0 radical (unpaired) electrons. The van der Waals surface area contributed by atoms with Crippen LogP contribution in [0, 0.1) is 5.92 Å². The van der Waals surface area contributed by atoms with Gasteiger partial charge in [-0.1, -0.05) is 6.92 Å². The molecule has 3 heterocycles. The van der Waals surface area contributed by atoms with Crippen molar-refractivity contribution in [3.63, 3.8) is 0 Å². The van der Waals surface area contributed by atoms with Gasteiger partial charge in [0.1, 0.15) is 0 Å². The number of hydrogen-bond acceptors (Lipinski definition) is 5. The number of aromatic nitrogens is 2. The molecule has 1 aromatic heterocycles. The number of nitrogens with one attached hydrogen (secondary N) is 1. The first kappa shape index (κ1) is 25.2. The van der Waals surface area contributed by atoms with E-state index in [0.717, 1.165) is 58.9 Å². The highest BCUT2D eigenvalue weighted by Gasteiger charge is 2.39. The molecule has 0 saturated carbocycles. The molecule has 1 unspecified atom stereocenters. The van der Waals surface area contributed by atoms with Crippen LogP contribution >= 0.6 is 24.8 Å². The van der Waals surface area contributed by atoms with E-state index >= 15 is 0 Å². The molecular formula is C19H35Cl2N5O2. The van der Waals surface area contributed by atoms with Crippen molar-refractivity contribution >= 4 is 30.7 Å². The fourth-order valence-corrected chi connectivity index (χ4v) is 4.26. The zero-order valence-electron chi connectivity index (χ0n) is 17.2. The van der Waals surface area contributed by atoms with Crippen LogP contribution in [-0.2, 0) is 16.6 Å². The fourth-order valence-electron chi connectivity index (χ4n) is 4.26. The quantitative estimate of drug-likeness (QED) is 0.657.